The van der Waals surface area contributed by atoms with Gasteiger partial charge in [0.15, 0.2) is 0 Å². The fraction of sp³-hybridized carbons (Fsp3) is 0.222. The smallest absolute Gasteiger partial charge is 0.241 e. The molecule has 1 aliphatic rings. The van der Waals surface area contributed by atoms with Gasteiger partial charge in [0.2, 0.25) is 11.8 Å². The van der Waals surface area contributed by atoms with Crippen LogP contribution in [-0.2, 0) is 9.59 Å². The van der Waals surface area contributed by atoms with Gasteiger partial charge in [-0.15, -0.1) is 0 Å². The van der Waals surface area contributed by atoms with Crippen molar-refractivity contribution < 1.29 is 9.59 Å². The molecule has 1 aromatic rings. The van der Waals surface area contributed by atoms with Crippen molar-refractivity contribution in [2.45, 2.75) is 10.7 Å². The topological polar surface area (TPSA) is 59.1 Å². The van der Waals surface area contributed by atoms with Gasteiger partial charge in [-0.1, -0.05) is 22.0 Å². The van der Waals surface area contributed by atoms with E-state index in [-0.39, 0.29) is 11.8 Å². The zero-order valence-corrected chi connectivity index (χ0v) is 8.69. The first kappa shape index (κ1) is 9.33. The molecule has 0 bridgehead atoms. The van der Waals surface area contributed by atoms with Crippen LogP contribution in [0.3, 0.4) is 0 Å². The van der Waals surface area contributed by atoms with Gasteiger partial charge in [0.05, 0.1) is 5.92 Å². The average molecular weight is 255 g/mol. The quantitative estimate of drug-likeness (QED) is 0.590. The molecule has 2 rings (SSSR count). The van der Waals surface area contributed by atoms with Crippen molar-refractivity contribution in [2.24, 2.45) is 0 Å². The number of imide groups is 1. The minimum absolute atomic E-state index is 0.273. The Balaban J connectivity index is 2.36. The Morgan fingerprint density at radius 2 is 2.14 bits per heavy atom. The van der Waals surface area contributed by atoms with Gasteiger partial charge in [-0.25, -0.2) is 0 Å². The van der Waals surface area contributed by atoms with Crippen LogP contribution in [0.4, 0.5) is 0 Å². The number of alkyl halides is 1. The van der Waals surface area contributed by atoms with Gasteiger partial charge >= 0.3 is 0 Å². The zero-order valence-electron chi connectivity index (χ0n) is 7.11. The van der Waals surface area contributed by atoms with Gasteiger partial charge in [-0.2, -0.15) is 0 Å². The molecule has 72 valence electrons. The molecule has 1 saturated heterocycles. The van der Waals surface area contributed by atoms with Crippen molar-refractivity contribution >= 4 is 27.7 Å². The minimum atomic E-state index is -0.487. The van der Waals surface area contributed by atoms with Gasteiger partial charge in [0.1, 0.15) is 4.83 Å². The molecule has 0 aromatic carbocycles. The fourth-order valence-electron chi connectivity index (χ4n) is 1.43. The number of rotatable bonds is 1. The van der Waals surface area contributed by atoms with Crippen molar-refractivity contribution in [2.75, 3.05) is 0 Å². The molecule has 2 heterocycles. The van der Waals surface area contributed by atoms with Crippen molar-refractivity contribution in [3.8, 4) is 0 Å². The fourth-order valence-corrected chi connectivity index (χ4v) is 2.09. The van der Waals surface area contributed by atoms with E-state index in [1.807, 2.05) is 0 Å². The van der Waals surface area contributed by atoms with Crippen molar-refractivity contribution in [3.05, 3.63) is 30.1 Å². The summed E-state index contributed by atoms with van der Waals surface area (Å²) in [6.45, 7) is 0. The number of hydrogen-bond acceptors (Lipinski definition) is 3. The summed E-state index contributed by atoms with van der Waals surface area (Å²) >= 11 is 3.19. The SMILES string of the molecule is O=C1NC(=O)C(c2cccnc2)C1Br. The van der Waals surface area contributed by atoms with E-state index in [1.54, 1.807) is 24.5 Å². The highest BCUT2D eigenvalue weighted by Crippen LogP contribution is 2.29. The van der Waals surface area contributed by atoms with E-state index in [1.165, 1.54) is 0 Å². The first-order chi connectivity index (χ1) is 6.70. The molecule has 0 aliphatic carbocycles. The highest BCUT2D eigenvalue weighted by atomic mass is 79.9. The lowest BCUT2D eigenvalue weighted by Gasteiger charge is -2.08. The number of carbonyl (C=O) groups excluding carboxylic acids is 2. The third kappa shape index (κ3) is 1.43. The molecular weight excluding hydrogens is 248 g/mol. The molecular formula is C9H7BrN2O2. The molecule has 1 aromatic heterocycles. The summed E-state index contributed by atoms with van der Waals surface area (Å²) in [6.07, 6.45) is 3.22. The summed E-state index contributed by atoms with van der Waals surface area (Å²) in [6, 6.07) is 3.52. The monoisotopic (exact) mass is 254 g/mol. The maximum atomic E-state index is 11.4. The lowest BCUT2D eigenvalue weighted by Crippen LogP contribution is -2.22. The molecule has 14 heavy (non-hydrogen) atoms. The molecule has 4 nitrogen and oxygen atoms in total. The molecule has 2 unspecified atom stereocenters. The summed E-state index contributed by atoms with van der Waals surface area (Å²) in [5, 5.41) is 2.26. The maximum absolute atomic E-state index is 11.4. The lowest BCUT2D eigenvalue weighted by molar-refractivity contribution is -0.125. The standard InChI is InChI=1S/C9H7BrN2O2/c10-7-6(8(13)12-9(7)14)5-2-1-3-11-4-5/h1-4,6-7H,(H,12,13,14). The van der Waals surface area contributed by atoms with E-state index >= 15 is 0 Å². The number of nitrogens with zero attached hydrogens (tertiary/aromatic N) is 1. The van der Waals surface area contributed by atoms with Crippen LogP contribution in [0.2, 0.25) is 0 Å². The van der Waals surface area contributed by atoms with Crippen LogP contribution in [0.25, 0.3) is 0 Å². The molecule has 5 heteroatoms. The van der Waals surface area contributed by atoms with Crippen LogP contribution >= 0.6 is 15.9 Å². The molecule has 2 amide bonds. The van der Waals surface area contributed by atoms with Crippen LogP contribution < -0.4 is 5.32 Å². The van der Waals surface area contributed by atoms with Crippen LogP contribution in [-0.4, -0.2) is 21.6 Å². The summed E-state index contributed by atoms with van der Waals surface area (Å²) in [5.41, 5.74) is 0.748. The van der Waals surface area contributed by atoms with Gasteiger partial charge in [-0.3, -0.25) is 19.9 Å². The van der Waals surface area contributed by atoms with Crippen LogP contribution in [0.5, 0.6) is 0 Å². The minimum Gasteiger partial charge on any atom is -0.295 e. The third-order valence-electron chi connectivity index (χ3n) is 2.12. The van der Waals surface area contributed by atoms with E-state index in [0.717, 1.165) is 5.56 Å². The Morgan fingerprint density at radius 1 is 1.36 bits per heavy atom. The van der Waals surface area contributed by atoms with Gasteiger partial charge < -0.3 is 0 Å². The Hall–Kier alpha value is -1.23. The van der Waals surface area contributed by atoms with Gasteiger partial charge in [0.25, 0.3) is 0 Å². The molecule has 0 spiro atoms. The highest BCUT2D eigenvalue weighted by molar-refractivity contribution is 9.10. The summed E-state index contributed by atoms with van der Waals surface area (Å²) in [7, 11) is 0. The Kier molecular flexibility index (Phi) is 2.33. The van der Waals surface area contributed by atoms with Crippen LogP contribution in [0.1, 0.15) is 11.5 Å². The van der Waals surface area contributed by atoms with Crippen molar-refractivity contribution in [3.63, 3.8) is 0 Å². The number of halogens is 1. The largest absolute Gasteiger partial charge is 0.295 e. The molecule has 0 radical (unpaired) electrons. The van der Waals surface area contributed by atoms with E-state index in [4.69, 9.17) is 0 Å². The first-order valence-corrected chi connectivity index (χ1v) is 5.00. The normalized spacial score (nSPS) is 26.4. The highest BCUT2D eigenvalue weighted by Gasteiger charge is 2.40. The molecule has 0 saturated carbocycles. The number of amides is 2. The van der Waals surface area contributed by atoms with Gasteiger partial charge in [-0.05, 0) is 11.6 Å². The molecule has 1 fully saturated rings. The van der Waals surface area contributed by atoms with E-state index < -0.39 is 10.7 Å². The molecule has 1 aliphatic heterocycles. The number of pyridine rings is 1. The molecule has 2 atom stereocenters. The number of carbonyl (C=O) groups is 2. The van der Waals surface area contributed by atoms with E-state index in [2.05, 4.69) is 26.2 Å². The predicted molar refractivity (Wildman–Crippen MR) is 52.8 cm³/mol. The van der Waals surface area contributed by atoms with Crippen molar-refractivity contribution in [1.82, 2.24) is 10.3 Å². The zero-order chi connectivity index (χ0) is 10.1. The van der Waals surface area contributed by atoms with Crippen LogP contribution in [0.15, 0.2) is 24.5 Å². The second-order valence-electron chi connectivity index (χ2n) is 3.02. The average Bonchev–Trinajstić information content (AvgIpc) is 2.43. The maximum Gasteiger partial charge on any atom is 0.241 e. The summed E-state index contributed by atoms with van der Waals surface area (Å²) < 4.78 is 0. The van der Waals surface area contributed by atoms with Gasteiger partial charge in [0, 0.05) is 12.4 Å². The third-order valence-corrected chi connectivity index (χ3v) is 3.06. The second-order valence-corrected chi connectivity index (χ2v) is 4.01. The number of hydrogen-bond donors (Lipinski definition) is 1. The van der Waals surface area contributed by atoms with E-state index in [9.17, 15) is 9.59 Å². The predicted octanol–water partition coefficient (Wildman–Crippen LogP) is 0.585. The first-order valence-electron chi connectivity index (χ1n) is 4.09. The Labute approximate surface area is 88.8 Å². The number of aromatic nitrogens is 1. The number of nitrogens with one attached hydrogen (secondary N) is 1. The summed E-state index contributed by atoms with van der Waals surface area (Å²) in [4.78, 5) is 26.0. The summed E-state index contributed by atoms with van der Waals surface area (Å²) in [5.74, 6) is -1.02. The second kappa shape index (κ2) is 3.49. The Bertz CT molecular complexity index is 380. The van der Waals surface area contributed by atoms with Crippen molar-refractivity contribution in [1.29, 1.82) is 0 Å². The molecule has 1 N–H and O–H groups in total. The Morgan fingerprint density at radius 3 is 2.64 bits per heavy atom. The van der Waals surface area contributed by atoms with E-state index in [0.29, 0.717) is 0 Å². The van der Waals surface area contributed by atoms with Crippen LogP contribution in [0, 0.1) is 0 Å². The lowest BCUT2D eigenvalue weighted by atomic mass is 9.99.